The Morgan fingerprint density at radius 2 is 0.512 bits per heavy atom. The van der Waals surface area contributed by atoms with Crippen LogP contribution in [0.5, 0.6) is 51.7 Å². The van der Waals surface area contributed by atoms with E-state index in [1.54, 1.807) is 128 Å². The molecule has 3 N–H and O–H groups in total. The number of esters is 1. The molecular formula is C69H71O12P. The number of phenols is 3. The summed E-state index contributed by atoms with van der Waals surface area (Å²) in [5.74, 6) is 3.58. The molecule has 0 aliphatic heterocycles. The average Bonchev–Trinajstić information content (AvgIpc) is 3.60. The van der Waals surface area contributed by atoms with Gasteiger partial charge in [-0.25, -0.2) is 9.59 Å². The molecule has 0 spiro atoms. The fraction of sp³-hybridized carbons (Fsp3) is 0.174. The molecule has 12 nitrogen and oxygen atoms in total. The number of phenolic OH excluding ortho intramolecular Hbond substituents is 3. The van der Waals surface area contributed by atoms with E-state index in [1.165, 1.54) is 12.5 Å². The van der Waals surface area contributed by atoms with Gasteiger partial charge in [0.25, 0.3) is 0 Å². The van der Waals surface area contributed by atoms with Crippen LogP contribution in [0.1, 0.15) is 81.8 Å². The summed E-state index contributed by atoms with van der Waals surface area (Å²) >= 11 is 0. The van der Waals surface area contributed by atoms with Gasteiger partial charge in [-0.1, -0.05) is 176 Å². The molecular weight excluding hydrogens is 1050 g/mol. The molecule has 1 unspecified atom stereocenters. The first kappa shape index (κ1) is 63.5. The maximum atomic E-state index is 12.4. The second-order valence-electron chi connectivity index (χ2n) is 19.7. The fourth-order valence-corrected chi connectivity index (χ4v) is 8.08. The molecule has 1 atom stereocenters. The smallest absolute Gasteiger partial charge is 0.508 e. The van der Waals surface area contributed by atoms with Crippen molar-refractivity contribution >= 4 is 27.5 Å². The van der Waals surface area contributed by atoms with E-state index in [1.807, 2.05) is 110 Å². The number of carbonyl (C=O) groups excluding carboxylic acids is 3. The standard InChI is InChI=1S/C31H30O5.C18H20O3.C13H10O3.C6H6O.CH5P/c1-30(2,21-5-13-25(32)14-6-21)23-9-17-27(18-10-23)35-29(34)36-28-19-11-24(12-20-28)31(3,4)22-7-15-26(33)16-8-22;1-13(19)21-17-11-7-15(8-12-17)18(2,3)14-5-9-16(20-4)10-6-14;14-13(15-11-7-3-1-4-8-11)16-12-9-5-2-6-10-12;7-6-4-2-1-3-5-6;1-2/h5-20,32-33H,1-4H3;5-12H,1-4H3;1-10H;1-5,7H;2H2,1H3. The van der Waals surface area contributed by atoms with E-state index < -0.39 is 12.3 Å². The van der Waals surface area contributed by atoms with Crippen molar-refractivity contribution in [2.24, 2.45) is 0 Å². The SMILES string of the molecule is CC(C)(c1ccc(O)cc1)c1ccc(OC(=O)Oc2ccc(C(C)(C)c3ccc(O)cc3)cc2)cc1.COc1ccc(C(C)(C)c2ccc(OC(C)=O)cc2)cc1.CP.O=C(Oc1ccccc1)Oc1ccccc1.Oc1ccccc1. The third-order valence-electron chi connectivity index (χ3n) is 13.0. The minimum atomic E-state index is -0.814. The molecule has 424 valence electrons. The van der Waals surface area contributed by atoms with E-state index >= 15 is 0 Å². The maximum absolute atomic E-state index is 12.4. The molecule has 0 bridgehead atoms. The number of methoxy groups -OCH3 is 1. The zero-order valence-electron chi connectivity index (χ0n) is 47.6. The Hall–Kier alpha value is -9.38. The van der Waals surface area contributed by atoms with Gasteiger partial charge in [0.2, 0.25) is 0 Å². The molecule has 0 aliphatic rings. The summed E-state index contributed by atoms with van der Waals surface area (Å²) in [6.07, 6.45) is -1.55. The molecule has 0 aliphatic carbocycles. The van der Waals surface area contributed by atoms with Crippen LogP contribution in [0, 0.1) is 0 Å². The highest BCUT2D eigenvalue weighted by Gasteiger charge is 2.26. The molecule has 9 rings (SSSR count). The van der Waals surface area contributed by atoms with Crippen molar-refractivity contribution in [1.82, 2.24) is 0 Å². The highest BCUT2D eigenvalue weighted by molar-refractivity contribution is 7.15. The minimum Gasteiger partial charge on any atom is -0.508 e. The highest BCUT2D eigenvalue weighted by Crippen LogP contribution is 2.36. The molecule has 13 heteroatoms. The predicted molar refractivity (Wildman–Crippen MR) is 326 cm³/mol. The molecule has 0 radical (unpaired) electrons. The second-order valence-corrected chi connectivity index (χ2v) is 19.7. The zero-order valence-corrected chi connectivity index (χ0v) is 48.8. The summed E-state index contributed by atoms with van der Waals surface area (Å²) in [5, 5.41) is 27.7. The van der Waals surface area contributed by atoms with E-state index in [9.17, 15) is 24.6 Å². The van der Waals surface area contributed by atoms with Crippen molar-refractivity contribution in [1.29, 1.82) is 0 Å². The summed E-state index contributed by atoms with van der Waals surface area (Å²) in [7, 11) is 4.08. The first-order valence-corrected chi connectivity index (χ1v) is 27.3. The molecule has 82 heavy (non-hydrogen) atoms. The van der Waals surface area contributed by atoms with Crippen LogP contribution < -0.4 is 28.4 Å². The maximum Gasteiger partial charge on any atom is 0.519 e. The number of hydrogen-bond donors (Lipinski definition) is 3. The van der Waals surface area contributed by atoms with Gasteiger partial charge in [-0.15, -0.1) is 9.24 Å². The monoisotopic (exact) mass is 1120 g/mol. The Bertz CT molecular complexity index is 3180. The zero-order chi connectivity index (χ0) is 59.7. The van der Waals surface area contributed by atoms with Gasteiger partial charge in [0.15, 0.2) is 0 Å². The number of carbonyl (C=O) groups is 3. The number of ether oxygens (including phenoxy) is 6. The lowest BCUT2D eigenvalue weighted by Crippen LogP contribution is -2.19. The topological polar surface area (TPSA) is 167 Å². The number of rotatable bonds is 12. The summed E-state index contributed by atoms with van der Waals surface area (Å²) in [6.45, 7) is 16.0. The molecule has 0 saturated heterocycles. The molecule has 0 heterocycles. The Labute approximate surface area is 483 Å². The van der Waals surface area contributed by atoms with Crippen LogP contribution in [-0.4, -0.2) is 47.4 Å². The van der Waals surface area contributed by atoms with Gasteiger partial charge in [0.1, 0.15) is 51.7 Å². The summed E-state index contributed by atoms with van der Waals surface area (Å²) in [5.41, 5.74) is 5.84. The number of aromatic hydroxyl groups is 3. The van der Waals surface area contributed by atoms with E-state index in [4.69, 9.17) is 33.5 Å². The molecule has 0 amide bonds. The van der Waals surface area contributed by atoms with Gasteiger partial charge >= 0.3 is 18.3 Å². The third kappa shape index (κ3) is 19.5. The second kappa shape index (κ2) is 30.8. The van der Waals surface area contributed by atoms with Crippen LogP contribution in [0.2, 0.25) is 0 Å². The normalized spacial score (nSPS) is 10.6. The van der Waals surface area contributed by atoms with Gasteiger partial charge in [-0.2, -0.15) is 0 Å². The largest absolute Gasteiger partial charge is 0.519 e. The lowest BCUT2D eigenvalue weighted by Gasteiger charge is -2.26. The molecule has 0 fully saturated rings. The lowest BCUT2D eigenvalue weighted by molar-refractivity contribution is -0.131. The van der Waals surface area contributed by atoms with Gasteiger partial charge in [0, 0.05) is 23.2 Å². The quantitative estimate of drug-likeness (QED) is 0.0459. The van der Waals surface area contributed by atoms with Crippen molar-refractivity contribution in [3.8, 4) is 51.7 Å². The van der Waals surface area contributed by atoms with E-state index in [0.29, 0.717) is 34.5 Å². The van der Waals surface area contributed by atoms with Crippen molar-refractivity contribution in [3.05, 3.63) is 270 Å². The van der Waals surface area contributed by atoms with Crippen LogP contribution in [0.15, 0.2) is 237 Å². The molecule has 0 saturated carbocycles. The Morgan fingerprint density at radius 3 is 0.744 bits per heavy atom. The average molecular weight is 1120 g/mol. The van der Waals surface area contributed by atoms with Crippen molar-refractivity contribution in [2.75, 3.05) is 13.8 Å². The fourth-order valence-electron chi connectivity index (χ4n) is 8.08. The molecule has 9 aromatic carbocycles. The van der Waals surface area contributed by atoms with Crippen LogP contribution in [-0.2, 0) is 21.0 Å². The number of para-hydroxylation sites is 3. The first-order valence-electron chi connectivity index (χ1n) is 26.2. The van der Waals surface area contributed by atoms with Crippen LogP contribution in [0.3, 0.4) is 0 Å². The van der Waals surface area contributed by atoms with Crippen molar-refractivity contribution in [3.63, 3.8) is 0 Å². The van der Waals surface area contributed by atoms with E-state index in [-0.39, 0.29) is 33.7 Å². The Morgan fingerprint density at radius 1 is 0.305 bits per heavy atom. The van der Waals surface area contributed by atoms with Gasteiger partial charge in [-0.05, 0) is 143 Å². The van der Waals surface area contributed by atoms with Crippen LogP contribution in [0.25, 0.3) is 0 Å². The minimum absolute atomic E-state index is 0.138. The number of hydrogen-bond acceptors (Lipinski definition) is 12. The lowest BCUT2D eigenvalue weighted by atomic mass is 9.78. The van der Waals surface area contributed by atoms with Gasteiger partial charge in [-0.3, -0.25) is 4.79 Å². The van der Waals surface area contributed by atoms with E-state index in [0.717, 1.165) is 33.6 Å². The van der Waals surface area contributed by atoms with Gasteiger partial charge < -0.3 is 43.7 Å². The number of benzene rings is 9. The van der Waals surface area contributed by atoms with Crippen LogP contribution >= 0.6 is 9.24 Å². The predicted octanol–water partition coefficient (Wildman–Crippen LogP) is 16.4. The first-order chi connectivity index (χ1) is 39.2. The molecule has 0 aromatic heterocycles. The highest BCUT2D eigenvalue weighted by atomic mass is 31.0. The van der Waals surface area contributed by atoms with E-state index in [2.05, 4.69) is 62.9 Å². The third-order valence-corrected chi connectivity index (χ3v) is 13.0. The Kier molecular flexibility index (Phi) is 23.9. The Balaban J connectivity index is 0.000000225. The van der Waals surface area contributed by atoms with Crippen LogP contribution in [0.4, 0.5) is 9.59 Å². The summed E-state index contributed by atoms with van der Waals surface area (Å²) < 4.78 is 30.9. The van der Waals surface area contributed by atoms with Crippen molar-refractivity contribution < 1.29 is 58.1 Å². The summed E-state index contributed by atoms with van der Waals surface area (Å²) in [4.78, 5) is 34.6. The van der Waals surface area contributed by atoms with Gasteiger partial charge in [0.05, 0.1) is 7.11 Å². The summed E-state index contributed by atoms with van der Waals surface area (Å²) in [6, 6.07) is 70.8. The van der Waals surface area contributed by atoms with Crippen molar-refractivity contribution in [2.45, 2.75) is 64.7 Å². The molecule has 9 aromatic rings.